The first-order valence-electron chi connectivity index (χ1n) is 7.86. The summed E-state index contributed by atoms with van der Waals surface area (Å²) in [6, 6.07) is 3.92. The molecule has 0 aliphatic carbocycles. The number of ether oxygens (including phenoxy) is 1. The van der Waals surface area contributed by atoms with Gasteiger partial charge in [0.15, 0.2) is 6.10 Å². The van der Waals surface area contributed by atoms with Crippen molar-refractivity contribution in [1.29, 1.82) is 0 Å². The number of carbonyl (C=O) groups excluding carboxylic acids is 2. The van der Waals surface area contributed by atoms with E-state index in [1.807, 2.05) is 0 Å². The molecule has 0 aromatic heterocycles. The van der Waals surface area contributed by atoms with E-state index in [2.05, 4.69) is 0 Å². The van der Waals surface area contributed by atoms with Gasteiger partial charge in [0, 0.05) is 27.2 Å². The van der Waals surface area contributed by atoms with E-state index in [9.17, 15) is 18.0 Å². The summed E-state index contributed by atoms with van der Waals surface area (Å²) >= 11 is 6.04. The fourth-order valence-electron chi connectivity index (χ4n) is 2.54. The van der Waals surface area contributed by atoms with E-state index in [-0.39, 0.29) is 21.4 Å². The average molecular weight is 389 g/mol. The average Bonchev–Trinajstić information content (AvgIpc) is 3.09. The lowest BCUT2D eigenvalue weighted by Crippen LogP contribution is -2.35. The quantitative estimate of drug-likeness (QED) is 0.717. The molecule has 0 N–H and O–H groups in total. The molecule has 2 rings (SSSR count). The van der Waals surface area contributed by atoms with Crippen LogP contribution in [0, 0.1) is 0 Å². The van der Waals surface area contributed by atoms with E-state index in [1.54, 1.807) is 14.1 Å². The second-order valence-corrected chi connectivity index (χ2v) is 8.35. The summed E-state index contributed by atoms with van der Waals surface area (Å²) < 4.78 is 31.8. The van der Waals surface area contributed by atoms with E-state index in [4.69, 9.17) is 16.3 Å². The Labute approximate surface area is 152 Å². The summed E-state index contributed by atoms with van der Waals surface area (Å²) in [7, 11) is -0.663. The highest BCUT2D eigenvalue weighted by atomic mass is 35.5. The van der Waals surface area contributed by atoms with Gasteiger partial charge in [0.2, 0.25) is 10.0 Å². The first-order chi connectivity index (χ1) is 11.6. The highest BCUT2D eigenvalue weighted by Crippen LogP contribution is 2.28. The SMILES string of the molecule is C[C@@H](OC(=O)c1ccc(Cl)c(S(=O)(=O)N2CCCC2)c1)C(=O)N(C)C. The van der Waals surface area contributed by atoms with Crippen molar-refractivity contribution in [3.05, 3.63) is 28.8 Å². The van der Waals surface area contributed by atoms with E-state index in [0.717, 1.165) is 12.8 Å². The van der Waals surface area contributed by atoms with Gasteiger partial charge in [0.25, 0.3) is 5.91 Å². The lowest BCUT2D eigenvalue weighted by atomic mass is 10.2. The van der Waals surface area contributed by atoms with Gasteiger partial charge in [-0.2, -0.15) is 4.31 Å². The van der Waals surface area contributed by atoms with Crippen molar-refractivity contribution in [3.8, 4) is 0 Å². The maximum absolute atomic E-state index is 12.7. The molecule has 0 spiro atoms. The Morgan fingerprint density at radius 1 is 1.24 bits per heavy atom. The molecule has 138 valence electrons. The van der Waals surface area contributed by atoms with Gasteiger partial charge >= 0.3 is 5.97 Å². The number of carbonyl (C=O) groups is 2. The molecule has 1 atom stereocenters. The molecule has 1 amide bonds. The minimum Gasteiger partial charge on any atom is -0.449 e. The minimum absolute atomic E-state index is 0.0283. The van der Waals surface area contributed by atoms with Crippen LogP contribution in [0.2, 0.25) is 5.02 Å². The molecule has 0 radical (unpaired) electrons. The van der Waals surface area contributed by atoms with Crippen molar-refractivity contribution >= 4 is 33.5 Å². The van der Waals surface area contributed by atoms with Crippen molar-refractivity contribution in [3.63, 3.8) is 0 Å². The number of rotatable bonds is 5. The number of likely N-dealkylation sites (N-methyl/N-ethyl adjacent to an activating group) is 1. The van der Waals surface area contributed by atoms with Gasteiger partial charge in [0.05, 0.1) is 10.6 Å². The Bertz CT molecular complexity index is 773. The van der Waals surface area contributed by atoms with Gasteiger partial charge in [-0.05, 0) is 38.0 Å². The summed E-state index contributed by atoms with van der Waals surface area (Å²) in [5.41, 5.74) is 0.0283. The van der Waals surface area contributed by atoms with Crippen molar-refractivity contribution < 1.29 is 22.7 Å². The Morgan fingerprint density at radius 3 is 2.40 bits per heavy atom. The van der Waals surface area contributed by atoms with Crippen LogP contribution in [0.1, 0.15) is 30.1 Å². The molecule has 1 fully saturated rings. The number of halogens is 1. The smallest absolute Gasteiger partial charge is 0.338 e. The summed E-state index contributed by atoms with van der Waals surface area (Å²) in [6.45, 7) is 2.32. The topological polar surface area (TPSA) is 84.0 Å². The van der Waals surface area contributed by atoms with Crippen LogP contribution in [0.25, 0.3) is 0 Å². The Kier molecular flexibility index (Phi) is 6.08. The third-order valence-corrected chi connectivity index (χ3v) is 6.30. The zero-order valence-electron chi connectivity index (χ0n) is 14.4. The normalized spacial score (nSPS) is 16.5. The third kappa shape index (κ3) is 4.31. The van der Waals surface area contributed by atoms with Gasteiger partial charge in [-0.1, -0.05) is 11.6 Å². The largest absolute Gasteiger partial charge is 0.449 e. The van der Waals surface area contributed by atoms with Crippen molar-refractivity contribution in [2.24, 2.45) is 0 Å². The lowest BCUT2D eigenvalue weighted by Gasteiger charge is -2.18. The molecular formula is C16H21ClN2O5S. The van der Waals surface area contributed by atoms with E-state index in [1.165, 1.54) is 34.3 Å². The van der Waals surface area contributed by atoms with Crippen LogP contribution in [0.5, 0.6) is 0 Å². The van der Waals surface area contributed by atoms with Crippen LogP contribution in [-0.2, 0) is 19.6 Å². The maximum atomic E-state index is 12.7. The summed E-state index contributed by atoms with van der Waals surface area (Å²) in [5, 5.41) is 0.0425. The zero-order chi connectivity index (χ0) is 18.8. The van der Waals surface area contributed by atoms with Crippen LogP contribution < -0.4 is 0 Å². The number of esters is 1. The Hall–Kier alpha value is -1.64. The van der Waals surface area contributed by atoms with Crippen molar-refractivity contribution in [2.45, 2.75) is 30.8 Å². The first kappa shape index (κ1) is 19.7. The van der Waals surface area contributed by atoms with Gasteiger partial charge in [-0.25, -0.2) is 13.2 Å². The molecule has 1 aliphatic rings. The molecule has 0 saturated carbocycles. The number of benzene rings is 1. The van der Waals surface area contributed by atoms with Crippen LogP contribution in [0.15, 0.2) is 23.1 Å². The predicted molar refractivity (Wildman–Crippen MR) is 93.0 cm³/mol. The molecule has 1 aliphatic heterocycles. The maximum Gasteiger partial charge on any atom is 0.338 e. The molecule has 0 bridgehead atoms. The molecular weight excluding hydrogens is 368 g/mol. The number of amides is 1. The summed E-state index contributed by atoms with van der Waals surface area (Å²) in [4.78, 5) is 25.2. The molecule has 9 heteroatoms. The van der Waals surface area contributed by atoms with Crippen molar-refractivity contribution in [2.75, 3.05) is 27.2 Å². The fourth-order valence-corrected chi connectivity index (χ4v) is 4.56. The second kappa shape index (κ2) is 7.72. The summed E-state index contributed by atoms with van der Waals surface area (Å²) in [6.07, 6.45) is 0.614. The third-order valence-electron chi connectivity index (χ3n) is 3.92. The first-order valence-corrected chi connectivity index (χ1v) is 9.68. The molecule has 1 saturated heterocycles. The molecule has 0 unspecified atom stereocenters. The van der Waals surface area contributed by atoms with E-state index >= 15 is 0 Å². The molecule has 1 aromatic rings. The Balaban J connectivity index is 2.26. The van der Waals surface area contributed by atoms with Gasteiger partial charge in [-0.3, -0.25) is 4.79 Å². The number of nitrogens with zero attached hydrogens (tertiary/aromatic N) is 2. The number of sulfonamides is 1. The standard InChI is InChI=1S/C16H21ClN2O5S/c1-11(15(20)18(2)3)24-16(21)12-6-7-13(17)14(10-12)25(22,23)19-8-4-5-9-19/h6-7,10-11H,4-5,8-9H2,1-3H3/t11-/m1/s1. The number of hydrogen-bond acceptors (Lipinski definition) is 5. The van der Waals surface area contributed by atoms with Crippen molar-refractivity contribution in [1.82, 2.24) is 9.21 Å². The fraction of sp³-hybridized carbons (Fsp3) is 0.500. The van der Waals surface area contributed by atoms with E-state index in [0.29, 0.717) is 13.1 Å². The Morgan fingerprint density at radius 2 is 1.84 bits per heavy atom. The second-order valence-electron chi connectivity index (χ2n) is 6.04. The molecule has 1 aromatic carbocycles. The van der Waals surface area contributed by atoms with Gasteiger partial charge in [0.1, 0.15) is 4.90 Å². The lowest BCUT2D eigenvalue weighted by molar-refractivity contribution is -0.137. The molecule has 25 heavy (non-hydrogen) atoms. The highest BCUT2D eigenvalue weighted by Gasteiger charge is 2.30. The van der Waals surface area contributed by atoms with Crippen LogP contribution in [-0.4, -0.2) is 62.8 Å². The highest BCUT2D eigenvalue weighted by molar-refractivity contribution is 7.89. The molecule has 1 heterocycles. The van der Waals surface area contributed by atoms with Crippen LogP contribution in [0.3, 0.4) is 0 Å². The minimum atomic E-state index is -3.77. The van der Waals surface area contributed by atoms with Crippen LogP contribution in [0.4, 0.5) is 0 Å². The molecule has 7 nitrogen and oxygen atoms in total. The number of hydrogen-bond donors (Lipinski definition) is 0. The monoisotopic (exact) mass is 388 g/mol. The predicted octanol–water partition coefficient (Wildman–Crippen LogP) is 1.76. The van der Waals surface area contributed by atoms with Gasteiger partial charge < -0.3 is 9.64 Å². The van der Waals surface area contributed by atoms with Crippen LogP contribution >= 0.6 is 11.6 Å². The van der Waals surface area contributed by atoms with E-state index < -0.39 is 22.1 Å². The zero-order valence-corrected chi connectivity index (χ0v) is 15.9. The summed E-state index contributed by atoms with van der Waals surface area (Å²) in [5.74, 6) is -1.15. The van der Waals surface area contributed by atoms with Gasteiger partial charge in [-0.15, -0.1) is 0 Å².